The van der Waals surface area contributed by atoms with Crippen LogP contribution in [0.4, 0.5) is 23.4 Å². The van der Waals surface area contributed by atoms with Crippen molar-refractivity contribution < 1.29 is 17.6 Å². The van der Waals surface area contributed by atoms with Crippen LogP contribution in [0.3, 0.4) is 0 Å². The fourth-order valence-corrected chi connectivity index (χ4v) is 1.89. The molecule has 0 aliphatic carbocycles. The van der Waals surface area contributed by atoms with Crippen molar-refractivity contribution in [3.63, 3.8) is 0 Å². The van der Waals surface area contributed by atoms with E-state index in [0.717, 1.165) is 6.07 Å². The van der Waals surface area contributed by atoms with E-state index in [1.807, 2.05) is 0 Å². The lowest BCUT2D eigenvalue weighted by Gasteiger charge is -2.30. The molecule has 1 aliphatic rings. The number of anilines is 1. The van der Waals surface area contributed by atoms with E-state index in [2.05, 4.69) is 4.98 Å². The maximum Gasteiger partial charge on any atom is 0.433 e. The molecular formula is C11H12F4N2. The van der Waals surface area contributed by atoms with Crippen LogP contribution in [0.5, 0.6) is 0 Å². The average molecular weight is 248 g/mol. The Bertz CT molecular complexity index is 391. The summed E-state index contributed by atoms with van der Waals surface area (Å²) in [6.45, 7) is 0.670. The third-order valence-corrected chi connectivity index (χ3v) is 2.71. The molecule has 0 spiro atoms. The Morgan fingerprint density at radius 2 is 2.06 bits per heavy atom. The Morgan fingerprint density at radius 1 is 1.29 bits per heavy atom. The van der Waals surface area contributed by atoms with Gasteiger partial charge in [-0.15, -0.1) is 0 Å². The van der Waals surface area contributed by atoms with Gasteiger partial charge in [0.15, 0.2) is 0 Å². The lowest BCUT2D eigenvalue weighted by Crippen LogP contribution is -2.37. The normalized spacial score (nSPS) is 21.6. The summed E-state index contributed by atoms with van der Waals surface area (Å²) in [5.74, 6) is 0.196. The van der Waals surface area contributed by atoms with Crippen LogP contribution in [0.25, 0.3) is 0 Å². The number of hydrogen-bond donors (Lipinski definition) is 0. The monoisotopic (exact) mass is 248 g/mol. The highest BCUT2D eigenvalue weighted by Crippen LogP contribution is 2.29. The van der Waals surface area contributed by atoms with Gasteiger partial charge >= 0.3 is 6.18 Å². The van der Waals surface area contributed by atoms with Crippen molar-refractivity contribution in [2.75, 3.05) is 18.0 Å². The fraction of sp³-hybridized carbons (Fsp3) is 0.545. The van der Waals surface area contributed by atoms with E-state index < -0.39 is 18.0 Å². The molecule has 2 nitrogen and oxygen atoms in total. The first-order chi connectivity index (χ1) is 7.97. The first-order valence-corrected chi connectivity index (χ1v) is 5.40. The SMILES string of the molecule is FC1CCCN(c2cccc(C(F)(F)F)n2)C1. The molecule has 17 heavy (non-hydrogen) atoms. The Kier molecular flexibility index (Phi) is 3.22. The number of alkyl halides is 4. The molecule has 0 aromatic carbocycles. The van der Waals surface area contributed by atoms with Crippen molar-refractivity contribution in [1.29, 1.82) is 0 Å². The largest absolute Gasteiger partial charge is 0.433 e. The number of piperidine rings is 1. The van der Waals surface area contributed by atoms with E-state index in [1.54, 1.807) is 4.90 Å². The van der Waals surface area contributed by atoms with Crippen LogP contribution in [-0.2, 0) is 6.18 Å². The molecule has 1 aliphatic heterocycles. The van der Waals surface area contributed by atoms with Gasteiger partial charge in [0, 0.05) is 6.54 Å². The minimum atomic E-state index is -4.46. The van der Waals surface area contributed by atoms with E-state index in [0.29, 0.717) is 19.4 Å². The standard InChI is InChI=1S/C11H12F4N2/c12-8-3-2-6-17(7-8)10-5-1-4-9(16-10)11(13,14)15/h1,4-5,8H,2-3,6-7H2. The highest BCUT2D eigenvalue weighted by molar-refractivity contribution is 5.40. The number of rotatable bonds is 1. The predicted octanol–water partition coefficient (Wildman–Crippen LogP) is 3.04. The molecule has 0 saturated carbocycles. The smallest absolute Gasteiger partial charge is 0.354 e. The van der Waals surface area contributed by atoms with Gasteiger partial charge in [0.25, 0.3) is 0 Å². The third kappa shape index (κ3) is 2.87. The van der Waals surface area contributed by atoms with Gasteiger partial charge in [-0.3, -0.25) is 0 Å². The van der Waals surface area contributed by atoms with Crippen LogP contribution in [0.15, 0.2) is 18.2 Å². The molecule has 1 aromatic heterocycles. The Morgan fingerprint density at radius 3 is 2.71 bits per heavy atom. The van der Waals surface area contributed by atoms with Crippen molar-refractivity contribution in [2.45, 2.75) is 25.2 Å². The maximum absolute atomic E-state index is 13.2. The molecule has 2 heterocycles. The third-order valence-electron chi connectivity index (χ3n) is 2.71. The first kappa shape index (κ1) is 12.1. The first-order valence-electron chi connectivity index (χ1n) is 5.40. The second-order valence-electron chi connectivity index (χ2n) is 4.06. The molecular weight excluding hydrogens is 236 g/mol. The van der Waals surface area contributed by atoms with Crippen molar-refractivity contribution >= 4 is 5.82 Å². The Hall–Kier alpha value is -1.33. The highest BCUT2D eigenvalue weighted by Gasteiger charge is 2.33. The van der Waals surface area contributed by atoms with Crippen LogP contribution in [0.1, 0.15) is 18.5 Å². The van der Waals surface area contributed by atoms with Crippen LogP contribution in [0, 0.1) is 0 Å². The van der Waals surface area contributed by atoms with Gasteiger partial charge < -0.3 is 4.90 Å². The molecule has 6 heteroatoms. The quantitative estimate of drug-likeness (QED) is 0.710. The summed E-state index contributed by atoms with van der Waals surface area (Å²) in [6, 6.07) is 3.70. The average Bonchev–Trinajstić information content (AvgIpc) is 2.28. The van der Waals surface area contributed by atoms with Gasteiger partial charge in [-0.2, -0.15) is 13.2 Å². The highest BCUT2D eigenvalue weighted by atomic mass is 19.4. The summed E-state index contributed by atoms with van der Waals surface area (Å²) in [5.41, 5.74) is -0.934. The Balaban J connectivity index is 2.21. The predicted molar refractivity (Wildman–Crippen MR) is 55.6 cm³/mol. The minimum absolute atomic E-state index is 0.119. The zero-order valence-corrected chi connectivity index (χ0v) is 9.04. The van der Waals surface area contributed by atoms with Gasteiger partial charge in [0.05, 0.1) is 6.54 Å². The van der Waals surface area contributed by atoms with Gasteiger partial charge in [-0.05, 0) is 25.0 Å². The van der Waals surface area contributed by atoms with E-state index in [4.69, 9.17) is 0 Å². The lowest BCUT2D eigenvalue weighted by atomic mass is 10.1. The molecule has 0 radical (unpaired) electrons. The second-order valence-corrected chi connectivity index (χ2v) is 4.06. The maximum atomic E-state index is 13.2. The number of aromatic nitrogens is 1. The van der Waals surface area contributed by atoms with Crippen LogP contribution < -0.4 is 4.90 Å². The summed E-state index contributed by atoms with van der Waals surface area (Å²) in [5, 5.41) is 0. The molecule has 1 atom stereocenters. The van der Waals surface area contributed by atoms with Crippen LogP contribution in [-0.4, -0.2) is 24.2 Å². The summed E-state index contributed by atoms with van der Waals surface area (Å²) < 4.78 is 50.5. The topological polar surface area (TPSA) is 16.1 Å². The fourth-order valence-electron chi connectivity index (χ4n) is 1.89. The summed E-state index contributed by atoms with van der Waals surface area (Å²) in [6.07, 6.45) is -4.34. The molecule has 2 rings (SSSR count). The zero-order chi connectivity index (χ0) is 12.5. The molecule has 1 aromatic rings. The van der Waals surface area contributed by atoms with E-state index in [9.17, 15) is 17.6 Å². The van der Waals surface area contributed by atoms with Crippen LogP contribution >= 0.6 is 0 Å². The number of halogens is 4. The van der Waals surface area contributed by atoms with Crippen molar-refractivity contribution in [1.82, 2.24) is 4.98 Å². The summed E-state index contributed by atoms with van der Waals surface area (Å²) >= 11 is 0. The summed E-state index contributed by atoms with van der Waals surface area (Å²) in [4.78, 5) is 5.10. The van der Waals surface area contributed by atoms with Crippen molar-refractivity contribution in [3.05, 3.63) is 23.9 Å². The zero-order valence-electron chi connectivity index (χ0n) is 9.04. The summed E-state index contributed by atoms with van der Waals surface area (Å²) in [7, 11) is 0. The van der Waals surface area contributed by atoms with Gasteiger partial charge in [-0.25, -0.2) is 9.37 Å². The number of hydrogen-bond acceptors (Lipinski definition) is 2. The molecule has 94 valence electrons. The van der Waals surface area contributed by atoms with Crippen LogP contribution in [0.2, 0.25) is 0 Å². The van der Waals surface area contributed by atoms with E-state index >= 15 is 0 Å². The lowest BCUT2D eigenvalue weighted by molar-refractivity contribution is -0.141. The van der Waals surface area contributed by atoms with Crippen molar-refractivity contribution in [3.8, 4) is 0 Å². The Labute approximate surface area is 96.3 Å². The molecule has 1 unspecified atom stereocenters. The number of nitrogens with zero attached hydrogens (tertiary/aromatic N) is 2. The number of pyridine rings is 1. The molecule has 0 amide bonds. The molecule has 1 saturated heterocycles. The minimum Gasteiger partial charge on any atom is -0.354 e. The molecule has 0 bridgehead atoms. The van der Waals surface area contributed by atoms with E-state index in [1.165, 1.54) is 12.1 Å². The van der Waals surface area contributed by atoms with E-state index in [-0.39, 0.29) is 12.4 Å². The second kappa shape index (κ2) is 4.50. The molecule has 1 fully saturated rings. The van der Waals surface area contributed by atoms with Gasteiger partial charge in [-0.1, -0.05) is 6.07 Å². The molecule has 0 N–H and O–H groups in total. The van der Waals surface area contributed by atoms with Gasteiger partial charge in [0.2, 0.25) is 0 Å². The van der Waals surface area contributed by atoms with Gasteiger partial charge in [0.1, 0.15) is 17.7 Å². The van der Waals surface area contributed by atoms with Crippen molar-refractivity contribution in [2.24, 2.45) is 0 Å².